The minimum Gasteiger partial charge on any atom is -0.456 e. The number of nitrogens with one attached hydrogen (secondary N) is 1. The van der Waals surface area contributed by atoms with Crippen molar-refractivity contribution in [3.63, 3.8) is 0 Å². The van der Waals surface area contributed by atoms with Crippen LogP contribution in [0.25, 0.3) is 17.4 Å². The molecule has 1 heterocycles. The first-order chi connectivity index (χ1) is 12.5. The van der Waals surface area contributed by atoms with Crippen molar-refractivity contribution in [2.45, 2.75) is 0 Å². The number of nitro groups is 1. The van der Waals surface area contributed by atoms with Crippen LogP contribution in [0, 0.1) is 10.1 Å². The monoisotopic (exact) mass is 412 g/mol. The minimum atomic E-state index is -0.460. The lowest BCUT2D eigenvalue weighted by Gasteiger charge is -2.03. The van der Waals surface area contributed by atoms with Gasteiger partial charge in [0.1, 0.15) is 11.5 Å². The average molecular weight is 413 g/mol. The number of halogens is 1. The van der Waals surface area contributed by atoms with Gasteiger partial charge >= 0.3 is 0 Å². The summed E-state index contributed by atoms with van der Waals surface area (Å²) < 4.78 is 6.38. The first kappa shape index (κ1) is 17.6. The molecule has 0 unspecified atom stereocenters. The molecule has 2 aromatic carbocycles. The summed E-state index contributed by atoms with van der Waals surface area (Å²) in [4.78, 5) is 22.7. The number of nitro benzene ring substituents is 1. The third kappa shape index (κ3) is 4.07. The zero-order valence-electron chi connectivity index (χ0n) is 13.4. The fourth-order valence-electron chi connectivity index (χ4n) is 2.32. The first-order valence-corrected chi connectivity index (χ1v) is 8.41. The Morgan fingerprint density at radius 1 is 1.08 bits per heavy atom. The van der Waals surface area contributed by atoms with E-state index in [-0.39, 0.29) is 11.6 Å². The second-order valence-electron chi connectivity index (χ2n) is 5.28. The number of benzene rings is 2. The fourth-order valence-corrected chi connectivity index (χ4v) is 2.71. The van der Waals surface area contributed by atoms with Crippen molar-refractivity contribution in [1.29, 1.82) is 0 Å². The van der Waals surface area contributed by atoms with Crippen LogP contribution in [0.2, 0.25) is 0 Å². The van der Waals surface area contributed by atoms with E-state index in [0.29, 0.717) is 22.8 Å². The molecule has 0 aliphatic heterocycles. The maximum absolute atomic E-state index is 12.0. The first-order valence-electron chi connectivity index (χ1n) is 7.62. The smallest absolute Gasteiger partial charge is 0.280 e. The van der Waals surface area contributed by atoms with Crippen LogP contribution in [-0.4, -0.2) is 10.8 Å². The summed E-state index contributed by atoms with van der Waals surface area (Å²) in [7, 11) is 0. The fraction of sp³-hybridized carbons (Fsp3) is 0. The van der Waals surface area contributed by atoms with Crippen LogP contribution in [0.15, 0.2) is 75.6 Å². The summed E-state index contributed by atoms with van der Waals surface area (Å²) in [5.74, 6) is 0.462. The highest BCUT2D eigenvalue weighted by Crippen LogP contribution is 2.31. The number of furan rings is 1. The molecule has 0 radical (unpaired) electrons. The highest BCUT2D eigenvalue weighted by atomic mass is 79.9. The lowest BCUT2D eigenvalue weighted by Crippen LogP contribution is -2.07. The highest BCUT2D eigenvalue weighted by Gasteiger charge is 2.16. The molecule has 130 valence electrons. The molecule has 0 saturated carbocycles. The van der Waals surface area contributed by atoms with E-state index in [9.17, 15) is 14.9 Å². The Morgan fingerprint density at radius 2 is 1.81 bits per heavy atom. The van der Waals surface area contributed by atoms with Crippen LogP contribution in [0.4, 0.5) is 11.4 Å². The molecule has 1 aromatic heterocycles. The lowest BCUT2D eigenvalue weighted by atomic mass is 10.1. The number of para-hydroxylation sites is 2. The van der Waals surface area contributed by atoms with Gasteiger partial charge in [-0.2, -0.15) is 0 Å². The third-order valence-corrected chi connectivity index (χ3v) is 4.22. The van der Waals surface area contributed by atoms with Crippen molar-refractivity contribution in [3.05, 3.63) is 87.1 Å². The Labute approximate surface area is 157 Å². The molecule has 6 nitrogen and oxygen atoms in total. The maximum Gasteiger partial charge on any atom is 0.280 e. The summed E-state index contributed by atoms with van der Waals surface area (Å²) in [6.45, 7) is 0. The predicted molar refractivity (Wildman–Crippen MR) is 103 cm³/mol. The van der Waals surface area contributed by atoms with Crippen molar-refractivity contribution in [1.82, 2.24) is 0 Å². The van der Waals surface area contributed by atoms with E-state index in [2.05, 4.69) is 21.2 Å². The van der Waals surface area contributed by atoms with Gasteiger partial charge in [0.05, 0.1) is 16.2 Å². The van der Waals surface area contributed by atoms with Gasteiger partial charge in [-0.3, -0.25) is 14.9 Å². The van der Waals surface area contributed by atoms with Gasteiger partial charge < -0.3 is 9.73 Å². The molecular formula is C19H13BrN2O4. The van der Waals surface area contributed by atoms with E-state index in [1.54, 1.807) is 36.4 Å². The van der Waals surface area contributed by atoms with E-state index in [1.165, 1.54) is 18.2 Å². The van der Waals surface area contributed by atoms with Gasteiger partial charge in [-0.1, -0.05) is 24.3 Å². The number of hydrogen-bond donors (Lipinski definition) is 1. The molecule has 3 aromatic rings. The van der Waals surface area contributed by atoms with Gasteiger partial charge in [0.15, 0.2) is 0 Å². The number of carbonyl (C=O) groups excluding carboxylic acids is 1. The molecule has 0 atom stereocenters. The van der Waals surface area contributed by atoms with Gasteiger partial charge in [0, 0.05) is 16.6 Å². The van der Waals surface area contributed by atoms with E-state index in [4.69, 9.17) is 4.42 Å². The van der Waals surface area contributed by atoms with E-state index in [0.717, 1.165) is 4.47 Å². The van der Waals surface area contributed by atoms with E-state index in [1.807, 2.05) is 18.2 Å². The van der Waals surface area contributed by atoms with E-state index >= 15 is 0 Å². The van der Waals surface area contributed by atoms with Crippen molar-refractivity contribution in [2.75, 3.05) is 5.32 Å². The van der Waals surface area contributed by atoms with Crippen LogP contribution in [0.1, 0.15) is 5.76 Å². The zero-order valence-corrected chi connectivity index (χ0v) is 15.0. The molecule has 1 amide bonds. The normalized spacial score (nSPS) is 10.8. The number of nitrogens with zero attached hydrogens (tertiary/aromatic N) is 1. The molecule has 0 fully saturated rings. The molecule has 0 aliphatic rings. The molecule has 0 bridgehead atoms. The van der Waals surface area contributed by atoms with E-state index < -0.39 is 4.92 Å². The Morgan fingerprint density at radius 3 is 2.58 bits per heavy atom. The number of hydrogen-bond acceptors (Lipinski definition) is 4. The molecule has 3 rings (SSSR count). The van der Waals surface area contributed by atoms with Gasteiger partial charge in [0.25, 0.3) is 5.69 Å². The Balaban J connectivity index is 1.75. The molecule has 0 aliphatic carbocycles. The lowest BCUT2D eigenvalue weighted by molar-refractivity contribution is -0.384. The van der Waals surface area contributed by atoms with Gasteiger partial charge in [-0.25, -0.2) is 0 Å². The largest absolute Gasteiger partial charge is 0.456 e. The van der Waals surface area contributed by atoms with Gasteiger partial charge in [-0.15, -0.1) is 0 Å². The Kier molecular flexibility index (Phi) is 5.28. The van der Waals surface area contributed by atoms with Crippen LogP contribution in [0.5, 0.6) is 0 Å². The standard InChI is InChI=1S/C19H13BrN2O4/c20-15-6-2-3-7-16(15)21-19(23)12-10-13-9-11-18(26-13)14-5-1-4-8-17(14)22(24)25/h1-12H,(H,21,23)/b12-10+. The highest BCUT2D eigenvalue weighted by molar-refractivity contribution is 9.10. The third-order valence-electron chi connectivity index (χ3n) is 3.52. The molecule has 0 spiro atoms. The van der Waals surface area contributed by atoms with Crippen molar-refractivity contribution >= 4 is 39.3 Å². The number of anilines is 1. The molecule has 26 heavy (non-hydrogen) atoms. The van der Waals surface area contributed by atoms with Crippen molar-refractivity contribution in [2.24, 2.45) is 0 Å². The quantitative estimate of drug-likeness (QED) is 0.351. The molecule has 1 N–H and O–H groups in total. The minimum absolute atomic E-state index is 0.0379. The second-order valence-corrected chi connectivity index (χ2v) is 6.13. The molecular weight excluding hydrogens is 400 g/mol. The second kappa shape index (κ2) is 7.79. The van der Waals surface area contributed by atoms with Crippen molar-refractivity contribution < 1.29 is 14.1 Å². The summed E-state index contributed by atoms with van der Waals surface area (Å²) in [6.07, 6.45) is 2.84. The summed E-state index contributed by atoms with van der Waals surface area (Å²) in [6, 6.07) is 16.9. The summed E-state index contributed by atoms with van der Waals surface area (Å²) in [5, 5.41) is 13.9. The number of rotatable bonds is 5. The average Bonchev–Trinajstić information content (AvgIpc) is 3.11. The van der Waals surface area contributed by atoms with Crippen LogP contribution in [0.3, 0.4) is 0 Å². The summed E-state index contributed by atoms with van der Waals surface area (Å²) in [5.41, 5.74) is 1.00. The zero-order chi connectivity index (χ0) is 18.5. The Hall–Kier alpha value is -3.19. The predicted octanol–water partition coefficient (Wildman–Crippen LogP) is 5.27. The van der Waals surface area contributed by atoms with Crippen LogP contribution in [-0.2, 0) is 4.79 Å². The number of amides is 1. The topological polar surface area (TPSA) is 85.4 Å². The molecule has 7 heteroatoms. The molecule has 0 saturated heterocycles. The van der Waals surface area contributed by atoms with Crippen LogP contribution < -0.4 is 5.32 Å². The van der Waals surface area contributed by atoms with Gasteiger partial charge in [0.2, 0.25) is 5.91 Å². The van der Waals surface area contributed by atoms with Gasteiger partial charge in [-0.05, 0) is 52.3 Å². The SMILES string of the molecule is O=C(/C=C/c1ccc(-c2ccccc2[N+](=O)[O-])o1)Nc1ccccc1Br. The van der Waals surface area contributed by atoms with Crippen molar-refractivity contribution in [3.8, 4) is 11.3 Å². The maximum atomic E-state index is 12.0. The Bertz CT molecular complexity index is 994. The summed E-state index contributed by atoms with van der Waals surface area (Å²) >= 11 is 3.36. The van der Waals surface area contributed by atoms with Crippen LogP contribution >= 0.6 is 15.9 Å². The number of carbonyl (C=O) groups is 1.